The standard InChI is InChI=1S/C26H23ClFN5O2/c1-15-9-21(26-29-14-30-32(26)3)19-5-4-6-24(25(19)31-15)35-13-22-20(10-17(28)11-23(22)27)16(2)33-8-7-18(34)12-33/h4-12,14,16,34H,13H2,1-3H3/t16-/m0/s1. The van der Waals surface area contributed by atoms with Crippen molar-refractivity contribution < 1.29 is 14.2 Å². The zero-order chi connectivity index (χ0) is 24.7. The number of rotatable bonds is 6. The Bertz CT molecular complexity index is 1540. The number of aromatic hydroxyl groups is 1. The Balaban J connectivity index is 1.54. The predicted molar refractivity (Wildman–Crippen MR) is 132 cm³/mol. The molecule has 0 spiro atoms. The lowest BCUT2D eigenvalue weighted by Gasteiger charge is -2.20. The van der Waals surface area contributed by atoms with E-state index in [0.29, 0.717) is 22.4 Å². The Morgan fingerprint density at radius 1 is 1.20 bits per heavy atom. The minimum absolute atomic E-state index is 0.111. The van der Waals surface area contributed by atoms with Crippen molar-refractivity contribution in [2.24, 2.45) is 7.05 Å². The van der Waals surface area contributed by atoms with E-state index in [2.05, 4.69) is 10.1 Å². The molecule has 0 aliphatic heterocycles. The predicted octanol–water partition coefficient (Wildman–Crippen LogP) is 5.83. The summed E-state index contributed by atoms with van der Waals surface area (Å²) in [7, 11) is 1.84. The monoisotopic (exact) mass is 491 g/mol. The number of hydrogen-bond acceptors (Lipinski definition) is 5. The van der Waals surface area contributed by atoms with E-state index in [1.807, 2.05) is 45.2 Å². The lowest BCUT2D eigenvalue weighted by atomic mass is 10.0. The van der Waals surface area contributed by atoms with Crippen molar-refractivity contribution in [1.82, 2.24) is 24.3 Å². The van der Waals surface area contributed by atoms with Gasteiger partial charge in [-0.2, -0.15) is 5.10 Å². The zero-order valence-electron chi connectivity index (χ0n) is 19.4. The molecule has 5 aromatic rings. The highest BCUT2D eigenvalue weighted by Crippen LogP contribution is 2.35. The fraction of sp³-hybridized carbons (Fsp3) is 0.192. The van der Waals surface area contributed by atoms with E-state index in [4.69, 9.17) is 21.3 Å². The minimum Gasteiger partial charge on any atom is -0.506 e. The first-order valence-corrected chi connectivity index (χ1v) is 11.4. The Morgan fingerprint density at radius 2 is 2.03 bits per heavy atom. The highest BCUT2D eigenvalue weighted by atomic mass is 35.5. The molecule has 0 unspecified atom stereocenters. The Hall–Kier alpha value is -3.91. The summed E-state index contributed by atoms with van der Waals surface area (Å²) >= 11 is 6.48. The van der Waals surface area contributed by atoms with Gasteiger partial charge in [0.1, 0.15) is 35.8 Å². The van der Waals surface area contributed by atoms with E-state index < -0.39 is 5.82 Å². The first-order valence-electron chi connectivity index (χ1n) is 11.0. The highest BCUT2D eigenvalue weighted by Gasteiger charge is 2.19. The molecular weight excluding hydrogens is 469 g/mol. The van der Waals surface area contributed by atoms with E-state index in [9.17, 15) is 9.50 Å². The van der Waals surface area contributed by atoms with E-state index in [0.717, 1.165) is 22.5 Å². The van der Waals surface area contributed by atoms with E-state index >= 15 is 0 Å². The molecule has 3 aromatic heterocycles. The van der Waals surface area contributed by atoms with Crippen molar-refractivity contribution in [3.63, 3.8) is 0 Å². The Morgan fingerprint density at radius 3 is 2.74 bits per heavy atom. The molecule has 0 bridgehead atoms. The van der Waals surface area contributed by atoms with Gasteiger partial charge in [-0.15, -0.1) is 0 Å². The molecule has 0 amide bonds. The summed E-state index contributed by atoms with van der Waals surface area (Å²) in [6.07, 6.45) is 4.83. The maximum Gasteiger partial charge on any atom is 0.158 e. The fourth-order valence-corrected chi connectivity index (χ4v) is 4.56. The molecule has 178 valence electrons. The van der Waals surface area contributed by atoms with Crippen molar-refractivity contribution in [1.29, 1.82) is 0 Å². The number of nitrogens with zero attached hydrogens (tertiary/aromatic N) is 5. The fourth-order valence-electron chi connectivity index (χ4n) is 4.29. The van der Waals surface area contributed by atoms with Crippen LogP contribution in [-0.2, 0) is 13.7 Å². The quantitative estimate of drug-likeness (QED) is 0.323. The number of aromatic nitrogens is 5. The summed E-state index contributed by atoms with van der Waals surface area (Å²) in [6.45, 7) is 3.93. The maximum atomic E-state index is 14.3. The Kier molecular flexibility index (Phi) is 5.90. The van der Waals surface area contributed by atoms with Gasteiger partial charge in [0.05, 0.1) is 11.1 Å². The van der Waals surface area contributed by atoms with Crippen molar-refractivity contribution >= 4 is 22.5 Å². The lowest BCUT2D eigenvalue weighted by molar-refractivity contribution is 0.307. The molecule has 1 N–H and O–H groups in total. The second-order valence-corrected chi connectivity index (χ2v) is 8.81. The van der Waals surface area contributed by atoms with Crippen LogP contribution in [0.1, 0.15) is 29.8 Å². The minimum atomic E-state index is -0.437. The van der Waals surface area contributed by atoms with Crippen molar-refractivity contribution in [2.75, 3.05) is 0 Å². The maximum absolute atomic E-state index is 14.3. The molecule has 0 aliphatic rings. The smallest absolute Gasteiger partial charge is 0.158 e. The van der Waals surface area contributed by atoms with Crippen molar-refractivity contribution in [3.05, 3.63) is 88.8 Å². The third-order valence-corrected chi connectivity index (χ3v) is 6.38. The number of pyridine rings is 1. The van der Waals surface area contributed by atoms with Crippen molar-refractivity contribution in [2.45, 2.75) is 26.5 Å². The van der Waals surface area contributed by atoms with Crippen LogP contribution < -0.4 is 4.74 Å². The average molecular weight is 492 g/mol. The van der Waals surface area contributed by atoms with E-state index in [-0.39, 0.29) is 23.4 Å². The van der Waals surface area contributed by atoms with Crippen LogP contribution in [0.3, 0.4) is 0 Å². The molecule has 3 heterocycles. The first kappa shape index (κ1) is 22.9. The van der Waals surface area contributed by atoms with Gasteiger partial charge in [-0.25, -0.2) is 19.0 Å². The van der Waals surface area contributed by atoms with E-state index in [1.165, 1.54) is 18.5 Å². The second-order valence-electron chi connectivity index (χ2n) is 8.41. The van der Waals surface area contributed by atoms with Gasteiger partial charge in [-0.3, -0.25) is 0 Å². The highest BCUT2D eigenvalue weighted by molar-refractivity contribution is 6.31. The molecule has 0 aliphatic carbocycles. The van der Waals surface area contributed by atoms with Crippen LogP contribution in [0.4, 0.5) is 4.39 Å². The largest absolute Gasteiger partial charge is 0.506 e. The number of hydrogen-bond donors (Lipinski definition) is 1. The SMILES string of the molecule is Cc1cc(-c2ncnn2C)c2cccc(OCc3c(Cl)cc(F)cc3[C@H](C)n3ccc(O)c3)c2n1. The molecular formula is C26H23ClFN5O2. The molecule has 1 atom stereocenters. The summed E-state index contributed by atoms with van der Waals surface area (Å²) < 4.78 is 24.1. The molecule has 9 heteroatoms. The molecule has 0 radical (unpaired) electrons. The number of ether oxygens (including phenoxy) is 1. The molecule has 35 heavy (non-hydrogen) atoms. The molecule has 7 nitrogen and oxygen atoms in total. The van der Waals surface area contributed by atoms with Gasteiger partial charge in [-0.1, -0.05) is 23.7 Å². The van der Waals surface area contributed by atoms with Crippen LogP contribution in [0.25, 0.3) is 22.3 Å². The topological polar surface area (TPSA) is 78.0 Å². The van der Waals surface area contributed by atoms with Crippen LogP contribution in [0.5, 0.6) is 11.5 Å². The summed E-state index contributed by atoms with van der Waals surface area (Å²) in [5, 5.41) is 15.1. The average Bonchev–Trinajstić information content (AvgIpc) is 3.45. The molecule has 0 fully saturated rings. The van der Waals surface area contributed by atoms with Gasteiger partial charge >= 0.3 is 0 Å². The third-order valence-electron chi connectivity index (χ3n) is 6.05. The van der Waals surface area contributed by atoms with Gasteiger partial charge in [0.2, 0.25) is 0 Å². The normalized spacial score (nSPS) is 12.3. The van der Waals surface area contributed by atoms with Crippen LogP contribution in [0, 0.1) is 12.7 Å². The van der Waals surface area contributed by atoms with Gasteiger partial charge in [0.25, 0.3) is 0 Å². The molecule has 2 aromatic carbocycles. The van der Waals surface area contributed by atoms with E-state index in [1.54, 1.807) is 27.7 Å². The number of fused-ring (bicyclic) bond motifs is 1. The summed E-state index contributed by atoms with van der Waals surface area (Å²) in [5.74, 6) is 0.998. The number of benzene rings is 2. The number of aryl methyl sites for hydroxylation is 2. The van der Waals surface area contributed by atoms with Crippen LogP contribution in [0.15, 0.2) is 61.2 Å². The van der Waals surface area contributed by atoms with Gasteiger partial charge in [-0.05, 0) is 49.7 Å². The summed E-state index contributed by atoms with van der Waals surface area (Å²) in [6, 6.07) is 11.7. The molecule has 5 rings (SSSR count). The lowest BCUT2D eigenvalue weighted by Crippen LogP contribution is -2.11. The first-order chi connectivity index (χ1) is 16.8. The van der Waals surface area contributed by atoms with Crippen LogP contribution in [-0.4, -0.2) is 29.4 Å². The van der Waals surface area contributed by atoms with Gasteiger partial charge in [0, 0.05) is 41.6 Å². The van der Waals surface area contributed by atoms with Gasteiger partial charge < -0.3 is 14.4 Å². The second kappa shape index (κ2) is 9.03. The number of para-hydroxylation sites is 1. The van der Waals surface area contributed by atoms with Crippen LogP contribution in [0.2, 0.25) is 5.02 Å². The third kappa shape index (κ3) is 4.33. The Labute approximate surface area is 206 Å². The zero-order valence-corrected chi connectivity index (χ0v) is 20.2. The molecule has 0 saturated heterocycles. The van der Waals surface area contributed by atoms with Crippen molar-refractivity contribution in [3.8, 4) is 22.9 Å². The number of halogens is 2. The van der Waals surface area contributed by atoms with Crippen LogP contribution >= 0.6 is 11.6 Å². The van der Waals surface area contributed by atoms with Gasteiger partial charge in [0.15, 0.2) is 5.82 Å². The summed E-state index contributed by atoms with van der Waals surface area (Å²) in [4.78, 5) is 9.12. The summed E-state index contributed by atoms with van der Waals surface area (Å²) in [5.41, 5.74) is 3.72. The molecule has 0 saturated carbocycles.